The van der Waals surface area contributed by atoms with E-state index in [-0.39, 0.29) is 17.2 Å². The van der Waals surface area contributed by atoms with Gasteiger partial charge < -0.3 is 10.2 Å². The second kappa shape index (κ2) is 9.05. The van der Waals surface area contributed by atoms with Gasteiger partial charge in [-0.2, -0.15) is 0 Å². The maximum absolute atomic E-state index is 12.3. The Bertz CT molecular complexity index is 795. The van der Waals surface area contributed by atoms with Crippen molar-refractivity contribution in [2.75, 3.05) is 13.1 Å². The molecule has 5 heteroatoms. The average Bonchev–Trinajstić information content (AvgIpc) is 2.61. The van der Waals surface area contributed by atoms with E-state index in [0.29, 0.717) is 30.2 Å². The molecule has 144 valence electrons. The van der Waals surface area contributed by atoms with Gasteiger partial charge in [-0.3, -0.25) is 9.59 Å². The highest BCUT2D eigenvalue weighted by atomic mass is 35.5. The molecule has 0 aliphatic carbocycles. The Hall–Kier alpha value is -2.33. The summed E-state index contributed by atoms with van der Waals surface area (Å²) in [4.78, 5) is 25.9. The van der Waals surface area contributed by atoms with Crippen LogP contribution in [0.15, 0.2) is 48.5 Å². The fourth-order valence-electron chi connectivity index (χ4n) is 2.71. The molecule has 0 fully saturated rings. The van der Waals surface area contributed by atoms with Crippen molar-refractivity contribution in [3.05, 3.63) is 70.2 Å². The Kier molecular flexibility index (Phi) is 7.03. The number of carbonyl (C=O) groups is 2. The van der Waals surface area contributed by atoms with Gasteiger partial charge in [-0.15, -0.1) is 0 Å². The van der Waals surface area contributed by atoms with Crippen molar-refractivity contribution in [1.29, 1.82) is 0 Å². The minimum absolute atomic E-state index is 0.0513. The maximum atomic E-state index is 12.3. The number of amides is 2. The first-order chi connectivity index (χ1) is 12.7. The molecule has 0 bridgehead atoms. The highest BCUT2D eigenvalue weighted by molar-refractivity contribution is 6.31. The van der Waals surface area contributed by atoms with Crippen molar-refractivity contribution in [2.24, 2.45) is 0 Å². The van der Waals surface area contributed by atoms with Gasteiger partial charge in [-0.25, -0.2) is 0 Å². The zero-order valence-corrected chi connectivity index (χ0v) is 17.1. The molecule has 2 rings (SSSR count). The molecule has 0 aliphatic heterocycles. The molecule has 0 saturated carbocycles. The number of rotatable bonds is 6. The van der Waals surface area contributed by atoms with Gasteiger partial charge in [0.2, 0.25) is 5.91 Å². The van der Waals surface area contributed by atoms with Crippen molar-refractivity contribution >= 4 is 23.4 Å². The Morgan fingerprint density at radius 3 is 2.22 bits per heavy atom. The summed E-state index contributed by atoms with van der Waals surface area (Å²) in [6.45, 7) is 9.15. The summed E-state index contributed by atoms with van der Waals surface area (Å²) in [6, 6.07) is 15.1. The Morgan fingerprint density at radius 1 is 1.04 bits per heavy atom. The van der Waals surface area contributed by atoms with Crippen LogP contribution in [-0.4, -0.2) is 29.8 Å². The van der Waals surface area contributed by atoms with Crippen LogP contribution in [0.1, 0.15) is 49.2 Å². The van der Waals surface area contributed by atoms with Crippen LogP contribution in [0.25, 0.3) is 0 Å². The van der Waals surface area contributed by atoms with E-state index in [4.69, 9.17) is 11.6 Å². The molecule has 2 amide bonds. The number of nitrogens with one attached hydrogen (secondary N) is 1. The molecule has 0 radical (unpaired) electrons. The quantitative estimate of drug-likeness (QED) is 0.799. The van der Waals surface area contributed by atoms with Crippen LogP contribution < -0.4 is 5.32 Å². The van der Waals surface area contributed by atoms with Crippen LogP contribution >= 0.6 is 11.6 Å². The van der Waals surface area contributed by atoms with Crippen LogP contribution in [0, 0.1) is 0 Å². The minimum Gasteiger partial charge on any atom is -0.350 e. The highest BCUT2D eigenvalue weighted by Crippen LogP contribution is 2.22. The Labute approximate surface area is 166 Å². The average molecular weight is 387 g/mol. The summed E-state index contributed by atoms with van der Waals surface area (Å²) in [7, 11) is 0. The van der Waals surface area contributed by atoms with Gasteiger partial charge in [-0.1, -0.05) is 62.7 Å². The number of hydrogen-bond donors (Lipinski definition) is 1. The smallest absolute Gasteiger partial charge is 0.251 e. The molecule has 0 aliphatic rings. The third kappa shape index (κ3) is 6.10. The maximum Gasteiger partial charge on any atom is 0.251 e. The van der Waals surface area contributed by atoms with Crippen molar-refractivity contribution in [3.63, 3.8) is 0 Å². The van der Waals surface area contributed by atoms with Crippen LogP contribution in [0.5, 0.6) is 0 Å². The van der Waals surface area contributed by atoms with Crippen LogP contribution in [0.3, 0.4) is 0 Å². The number of halogens is 1. The minimum atomic E-state index is -0.142. The third-order valence-electron chi connectivity index (χ3n) is 4.44. The number of carbonyl (C=O) groups excluding carboxylic acids is 2. The van der Waals surface area contributed by atoms with E-state index in [1.54, 1.807) is 11.0 Å². The summed E-state index contributed by atoms with van der Waals surface area (Å²) in [5.74, 6) is -0.199. The van der Waals surface area contributed by atoms with Gasteiger partial charge in [0.05, 0.1) is 0 Å². The van der Waals surface area contributed by atoms with E-state index < -0.39 is 0 Å². The fourth-order valence-corrected chi connectivity index (χ4v) is 2.90. The van der Waals surface area contributed by atoms with E-state index in [2.05, 4.69) is 26.1 Å². The number of nitrogens with zero attached hydrogens (tertiary/aromatic N) is 1. The fraction of sp³-hybridized carbons (Fsp3) is 0.364. The first-order valence-corrected chi connectivity index (χ1v) is 9.44. The van der Waals surface area contributed by atoms with E-state index in [0.717, 1.165) is 5.56 Å². The van der Waals surface area contributed by atoms with Crippen LogP contribution in [0.4, 0.5) is 0 Å². The van der Waals surface area contributed by atoms with Crippen LogP contribution in [0.2, 0.25) is 5.02 Å². The lowest BCUT2D eigenvalue weighted by molar-refractivity contribution is -0.129. The summed E-state index contributed by atoms with van der Waals surface area (Å²) >= 11 is 6.17. The van der Waals surface area contributed by atoms with Gasteiger partial charge in [-0.05, 0) is 34.7 Å². The third-order valence-corrected chi connectivity index (χ3v) is 4.81. The summed E-state index contributed by atoms with van der Waals surface area (Å²) in [5, 5.41) is 3.51. The zero-order chi connectivity index (χ0) is 20.0. The molecule has 27 heavy (non-hydrogen) atoms. The van der Waals surface area contributed by atoms with Gasteiger partial charge in [0.15, 0.2) is 0 Å². The van der Waals surface area contributed by atoms with E-state index in [1.807, 2.05) is 42.5 Å². The lowest BCUT2D eigenvalue weighted by Gasteiger charge is -2.22. The summed E-state index contributed by atoms with van der Waals surface area (Å²) in [5.41, 5.74) is 2.74. The lowest BCUT2D eigenvalue weighted by Crippen LogP contribution is -2.37. The largest absolute Gasteiger partial charge is 0.350 e. The zero-order valence-electron chi connectivity index (χ0n) is 16.4. The normalized spacial score (nSPS) is 11.1. The van der Waals surface area contributed by atoms with Gasteiger partial charge in [0, 0.05) is 37.1 Å². The molecular formula is C22H27ClN2O2. The molecule has 1 N–H and O–H groups in total. The highest BCUT2D eigenvalue weighted by Gasteiger charge is 2.15. The molecular weight excluding hydrogens is 360 g/mol. The van der Waals surface area contributed by atoms with E-state index >= 15 is 0 Å². The van der Waals surface area contributed by atoms with Gasteiger partial charge in [0.1, 0.15) is 0 Å². The van der Waals surface area contributed by atoms with E-state index in [1.165, 1.54) is 12.5 Å². The first kappa shape index (κ1) is 21.0. The SMILES string of the molecule is CC(=O)N(CCNC(=O)c1ccc(C(C)(C)C)cc1)Cc1ccccc1Cl. The van der Waals surface area contributed by atoms with Crippen molar-refractivity contribution in [2.45, 2.75) is 39.7 Å². The molecule has 0 unspecified atom stereocenters. The van der Waals surface area contributed by atoms with Crippen molar-refractivity contribution < 1.29 is 9.59 Å². The number of hydrogen-bond acceptors (Lipinski definition) is 2. The molecule has 2 aromatic carbocycles. The van der Waals surface area contributed by atoms with E-state index in [9.17, 15) is 9.59 Å². The Morgan fingerprint density at radius 2 is 1.67 bits per heavy atom. The molecule has 2 aromatic rings. The standard InChI is InChI=1S/C22H27ClN2O2/c1-16(26)25(15-18-7-5-6-8-20(18)23)14-13-24-21(27)17-9-11-19(12-10-17)22(2,3)4/h5-12H,13-15H2,1-4H3,(H,24,27). The Balaban J connectivity index is 1.91. The topological polar surface area (TPSA) is 49.4 Å². The van der Waals surface area contributed by atoms with Crippen molar-refractivity contribution in [3.8, 4) is 0 Å². The number of benzene rings is 2. The van der Waals surface area contributed by atoms with Gasteiger partial charge >= 0.3 is 0 Å². The van der Waals surface area contributed by atoms with Gasteiger partial charge in [0.25, 0.3) is 5.91 Å². The molecule has 0 atom stereocenters. The molecule has 0 saturated heterocycles. The molecule has 0 aromatic heterocycles. The summed E-state index contributed by atoms with van der Waals surface area (Å²) in [6.07, 6.45) is 0. The molecule has 0 heterocycles. The molecule has 4 nitrogen and oxygen atoms in total. The predicted molar refractivity (Wildman–Crippen MR) is 110 cm³/mol. The lowest BCUT2D eigenvalue weighted by atomic mass is 9.87. The summed E-state index contributed by atoms with van der Waals surface area (Å²) < 4.78 is 0. The van der Waals surface area contributed by atoms with Crippen molar-refractivity contribution in [1.82, 2.24) is 10.2 Å². The molecule has 0 spiro atoms. The predicted octanol–water partition coefficient (Wildman–Crippen LogP) is 4.42. The first-order valence-electron chi connectivity index (χ1n) is 9.06. The monoisotopic (exact) mass is 386 g/mol. The second-order valence-corrected chi connectivity index (χ2v) is 8.02. The second-order valence-electron chi connectivity index (χ2n) is 7.62. The van der Waals surface area contributed by atoms with Crippen LogP contribution in [-0.2, 0) is 16.8 Å².